The number of nitrogens with two attached hydrogens (primary N) is 1. The van der Waals surface area contributed by atoms with Gasteiger partial charge in [-0.25, -0.2) is 0 Å². The number of hydrogen-bond acceptors (Lipinski definition) is 1. The maximum Gasteiger partial charge on any atom is 0.0429 e. The Morgan fingerprint density at radius 1 is 1.33 bits per heavy atom. The Kier molecular flexibility index (Phi) is 5.50. The van der Waals surface area contributed by atoms with Crippen molar-refractivity contribution in [3.8, 4) is 0 Å². The molecule has 1 aromatic heterocycles. The molecule has 0 aliphatic carbocycles. The minimum absolute atomic E-state index is 0.869. The third-order valence-corrected chi connectivity index (χ3v) is 2.99. The first kappa shape index (κ1) is 14.4. The quantitative estimate of drug-likeness (QED) is 0.692. The van der Waals surface area contributed by atoms with E-state index < -0.39 is 0 Å². The Labute approximate surface area is 110 Å². The minimum Gasteiger partial charge on any atom is -0.402 e. The third-order valence-electron chi connectivity index (χ3n) is 2.99. The molecular formula is C16H24N2. The number of rotatable bonds is 7. The summed E-state index contributed by atoms with van der Waals surface area (Å²) >= 11 is 0. The lowest BCUT2D eigenvalue weighted by Gasteiger charge is -2.04. The van der Waals surface area contributed by atoms with Crippen LogP contribution >= 0.6 is 0 Å². The highest BCUT2D eigenvalue weighted by Gasteiger charge is 2.01. The van der Waals surface area contributed by atoms with Crippen LogP contribution in [0.5, 0.6) is 0 Å². The van der Waals surface area contributed by atoms with Gasteiger partial charge in [-0.3, -0.25) is 0 Å². The SMILES string of the molecule is C=CCCC(=C)CC/C(N)=C/c1[nH]c(C)cc1C. The van der Waals surface area contributed by atoms with Crippen LogP contribution in [0.15, 0.2) is 36.6 Å². The maximum atomic E-state index is 6.04. The van der Waals surface area contributed by atoms with Crippen LogP contribution in [0.25, 0.3) is 6.08 Å². The molecule has 0 aromatic carbocycles. The predicted molar refractivity (Wildman–Crippen MR) is 80.2 cm³/mol. The van der Waals surface area contributed by atoms with Crippen molar-refractivity contribution in [3.63, 3.8) is 0 Å². The van der Waals surface area contributed by atoms with Crippen LogP contribution in [0, 0.1) is 13.8 Å². The monoisotopic (exact) mass is 244 g/mol. The lowest BCUT2D eigenvalue weighted by atomic mass is 10.0. The van der Waals surface area contributed by atoms with E-state index in [1.54, 1.807) is 0 Å². The lowest BCUT2D eigenvalue weighted by molar-refractivity contribution is 0.843. The molecule has 0 saturated heterocycles. The zero-order chi connectivity index (χ0) is 13.5. The van der Waals surface area contributed by atoms with Gasteiger partial charge >= 0.3 is 0 Å². The number of H-pyrrole nitrogens is 1. The number of aromatic nitrogens is 1. The van der Waals surface area contributed by atoms with Gasteiger partial charge in [0.15, 0.2) is 0 Å². The van der Waals surface area contributed by atoms with Crippen molar-refractivity contribution in [1.29, 1.82) is 0 Å². The van der Waals surface area contributed by atoms with Gasteiger partial charge in [0.25, 0.3) is 0 Å². The minimum atomic E-state index is 0.869. The van der Waals surface area contributed by atoms with Gasteiger partial charge in [-0.05, 0) is 57.2 Å². The van der Waals surface area contributed by atoms with Crippen molar-refractivity contribution in [2.75, 3.05) is 0 Å². The molecule has 18 heavy (non-hydrogen) atoms. The van der Waals surface area contributed by atoms with E-state index in [0.29, 0.717) is 0 Å². The Morgan fingerprint density at radius 2 is 2.06 bits per heavy atom. The van der Waals surface area contributed by atoms with E-state index in [9.17, 15) is 0 Å². The van der Waals surface area contributed by atoms with Crippen molar-refractivity contribution >= 4 is 6.08 Å². The van der Waals surface area contributed by atoms with Crippen LogP contribution in [-0.2, 0) is 0 Å². The largest absolute Gasteiger partial charge is 0.402 e. The van der Waals surface area contributed by atoms with E-state index in [0.717, 1.165) is 37.1 Å². The van der Waals surface area contributed by atoms with Crippen LogP contribution in [0.3, 0.4) is 0 Å². The highest BCUT2D eigenvalue weighted by Crippen LogP contribution is 2.16. The van der Waals surface area contributed by atoms with Gasteiger partial charge in [0.05, 0.1) is 0 Å². The van der Waals surface area contributed by atoms with Gasteiger partial charge in [0.2, 0.25) is 0 Å². The Hall–Kier alpha value is -1.70. The molecule has 98 valence electrons. The predicted octanol–water partition coefficient (Wildman–Crippen LogP) is 4.23. The van der Waals surface area contributed by atoms with Crippen molar-refractivity contribution in [3.05, 3.63) is 53.5 Å². The van der Waals surface area contributed by atoms with Crippen molar-refractivity contribution in [2.24, 2.45) is 5.73 Å². The van der Waals surface area contributed by atoms with E-state index in [1.165, 1.54) is 16.8 Å². The molecule has 2 nitrogen and oxygen atoms in total. The molecule has 3 N–H and O–H groups in total. The van der Waals surface area contributed by atoms with Gasteiger partial charge in [0.1, 0.15) is 0 Å². The smallest absolute Gasteiger partial charge is 0.0429 e. The molecule has 0 aliphatic heterocycles. The fraction of sp³-hybridized carbons (Fsp3) is 0.375. The van der Waals surface area contributed by atoms with E-state index in [-0.39, 0.29) is 0 Å². The van der Waals surface area contributed by atoms with E-state index >= 15 is 0 Å². The highest BCUT2D eigenvalue weighted by molar-refractivity contribution is 5.53. The first-order valence-corrected chi connectivity index (χ1v) is 6.42. The molecule has 0 radical (unpaired) electrons. The third kappa shape index (κ3) is 4.66. The summed E-state index contributed by atoms with van der Waals surface area (Å²) < 4.78 is 0. The van der Waals surface area contributed by atoms with E-state index in [1.807, 2.05) is 12.2 Å². The molecule has 1 aromatic rings. The summed E-state index contributed by atoms with van der Waals surface area (Å²) in [6.07, 6.45) is 7.79. The number of allylic oxidation sites excluding steroid dienone is 3. The van der Waals surface area contributed by atoms with Crippen molar-refractivity contribution in [1.82, 2.24) is 4.98 Å². The Morgan fingerprint density at radius 3 is 2.61 bits per heavy atom. The first-order chi connectivity index (χ1) is 8.52. The van der Waals surface area contributed by atoms with Crippen molar-refractivity contribution in [2.45, 2.75) is 39.5 Å². The van der Waals surface area contributed by atoms with Crippen LogP contribution in [0.2, 0.25) is 0 Å². The Balaban J connectivity index is 2.50. The van der Waals surface area contributed by atoms with Gasteiger partial charge in [0, 0.05) is 17.1 Å². The second-order valence-corrected chi connectivity index (χ2v) is 4.85. The van der Waals surface area contributed by atoms with Gasteiger partial charge in [-0.2, -0.15) is 0 Å². The summed E-state index contributed by atoms with van der Waals surface area (Å²) in [6.45, 7) is 11.9. The van der Waals surface area contributed by atoms with Gasteiger partial charge in [-0.15, -0.1) is 6.58 Å². The average Bonchev–Trinajstić information content (AvgIpc) is 2.62. The zero-order valence-electron chi connectivity index (χ0n) is 11.6. The maximum absolute atomic E-state index is 6.04. The molecule has 2 heteroatoms. The fourth-order valence-corrected chi connectivity index (χ4v) is 1.91. The molecule has 1 heterocycles. The molecule has 0 spiro atoms. The van der Waals surface area contributed by atoms with Gasteiger partial charge in [-0.1, -0.05) is 18.2 Å². The summed E-state index contributed by atoms with van der Waals surface area (Å²) in [5.41, 5.74) is 11.7. The normalized spacial score (nSPS) is 11.6. The lowest BCUT2D eigenvalue weighted by Crippen LogP contribution is -1.98. The topological polar surface area (TPSA) is 41.8 Å². The van der Waals surface area contributed by atoms with E-state index in [2.05, 4.69) is 38.1 Å². The van der Waals surface area contributed by atoms with Crippen molar-refractivity contribution < 1.29 is 0 Å². The molecule has 0 aliphatic rings. The molecule has 0 unspecified atom stereocenters. The van der Waals surface area contributed by atoms with Crippen LogP contribution in [0.4, 0.5) is 0 Å². The van der Waals surface area contributed by atoms with Crippen LogP contribution in [0.1, 0.15) is 42.6 Å². The standard InChI is InChI=1S/C16H24N2/c1-5-6-7-12(2)8-9-15(17)11-16-13(3)10-14(4)18-16/h5,10-11,18H,1-2,6-9,17H2,3-4H3/b15-11-. The molecule has 0 saturated carbocycles. The van der Waals surface area contributed by atoms with Gasteiger partial charge < -0.3 is 10.7 Å². The molecule has 0 amide bonds. The first-order valence-electron chi connectivity index (χ1n) is 6.42. The molecule has 0 atom stereocenters. The summed E-state index contributed by atoms with van der Waals surface area (Å²) in [6, 6.07) is 2.13. The summed E-state index contributed by atoms with van der Waals surface area (Å²) in [5.74, 6) is 0. The molecule has 1 rings (SSSR count). The number of hydrogen-bond donors (Lipinski definition) is 2. The number of nitrogens with one attached hydrogen (secondary N) is 1. The van der Waals surface area contributed by atoms with Crippen LogP contribution in [-0.4, -0.2) is 4.98 Å². The van der Waals surface area contributed by atoms with Crippen LogP contribution < -0.4 is 5.73 Å². The zero-order valence-corrected chi connectivity index (χ0v) is 11.6. The average molecular weight is 244 g/mol. The fourth-order valence-electron chi connectivity index (χ4n) is 1.91. The summed E-state index contributed by atoms with van der Waals surface area (Å²) in [7, 11) is 0. The summed E-state index contributed by atoms with van der Waals surface area (Å²) in [5, 5.41) is 0. The second kappa shape index (κ2) is 6.90. The molecular weight excluding hydrogens is 220 g/mol. The molecule has 0 fully saturated rings. The highest BCUT2D eigenvalue weighted by atomic mass is 14.7. The molecule has 0 bridgehead atoms. The van der Waals surface area contributed by atoms with E-state index in [4.69, 9.17) is 5.73 Å². The summed E-state index contributed by atoms with van der Waals surface area (Å²) in [4.78, 5) is 3.31. The number of aryl methyl sites for hydroxylation is 2. The Bertz CT molecular complexity index is 450. The second-order valence-electron chi connectivity index (χ2n) is 4.85. The number of aromatic amines is 1.